The smallest absolute Gasteiger partial charge is 0.292 e. The molecule has 3 N–H and O–H groups in total. The number of fused-ring (bicyclic) bond motifs is 2. The van der Waals surface area contributed by atoms with Crippen LogP contribution >= 0.6 is 0 Å². The molecule has 6 rings (SSSR count). The van der Waals surface area contributed by atoms with Crippen LogP contribution in [-0.4, -0.2) is 70.3 Å². The van der Waals surface area contributed by atoms with Gasteiger partial charge in [-0.2, -0.15) is 0 Å². The molecule has 4 fully saturated rings. The van der Waals surface area contributed by atoms with Crippen LogP contribution in [0.1, 0.15) is 30.9 Å². The number of nitrogens with zero attached hydrogens (tertiary/aromatic N) is 5. The highest BCUT2D eigenvalue weighted by Crippen LogP contribution is 2.39. The zero-order valence-corrected chi connectivity index (χ0v) is 17.0. The Kier molecular flexibility index (Phi) is 4.29. The first-order chi connectivity index (χ1) is 14.9. The summed E-state index contributed by atoms with van der Waals surface area (Å²) in [6, 6.07) is 4.63. The van der Waals surface area contributed by atoms with Crippen LogP contribution in [0.25, 0.3) is 0 Å². The van der Waals surface area contributed by atoms with Gasteiger partial charge in [-0.25, -0.2) is 18.7 Å². The van der Waals surface area contributed by atoms with Gasteiger partial charge in [-0.15, -0.1) is 0 Å². The SMILES string of the molecule is OC1CN(c2cc(N3CC4CC3CN4)cc(Nc3cnc(C4CC4)cn3)n2)CC1(F)F. The Balaban J connectivity index is 1.31. The number of alkyl halides is 2. The Morgan fingerprint density at radius 3 is 2.61 bits per heavy atom. The van der Waals surface area contributed by atoms with E-state index in [0.29, 0.717) is 35.5 Å². The summed E-state index contributed by atoms with van der Waals surface area (Å²) in [6.45, 7) is 1.10. The molecule has 8 nitrogen and oxygen atoms in total. The van der Waals surface area contributed by atoms with Gasteiger partial charge in [-0.1, -0.05) is 0 Å². The summed E-state index contributed by atoms with van der Waals surface area (Å²) in [6.07, 6.45) is 5.18. The Bertz CT molecular complexity index is 984. The maximum atomic E-state index is 14.0. The lowest BCUT2D eigenvalue weighted by Gasteiger charge is -2.31. The van der Waals surface area contributed by atoms with Gasteiger partial charge in [0.25, 0.3) is 5.92 Å². The first-order valence-corrected chi connectivity index (χ1v) is 10.9. The molecule has 3 unspecified atom stereocenters. The predicted molar refractivity (Wildman–Crippen MR) is 112 cm³/mol. The van der Waals surface area contributed by atoms with E-state index in [0.717, 1.165) is 43.7 Å². The first kappa shape index (κ1) is 19.1. The maximum Gasteiger partial charge on any atom is 0.292 e. The van der Waals surface area contributed by atoms with Crippen LogP contribution in [-0.2, 0) is 0 Å². The van der Waals surface area contributed by atoms with Crippen LogP contribution in [0.2, 0.25) is 0 Å². The van der Waals surface area contributed by atoms with Gasteiger partial charge in [0.05, 0.1) is 31.2 Å². The monoisotopic (exact) mass is 429 g/mol. The summed E-state index contributed by atoms with van der Waals surface area (Å²) in [5.74, 6) is -1.10. The molecule has 2 bridgehead atoms. The average molecular weight is 429 g/mol. The lowest BCUT2D eigenvalue weighted by molar-refractivity contribution is -0.0712. The maximum absolute atomic E-state index is 14.0. The number of hydrogen-bond acceptors (Lipinski definition) is 8. The molecule has 0 amide bonds. The first-order valence-electron chi connectivity index (χ1n) is 10.9. The quantitative estimate of drug-likeness (QED) is 0.664. The van der Waals surface area contributed by atoms with Crippen molar-refractivity contribution in [3.05, 3.63) is 30.2 Å². The number of nitrogens with one attached hydrogen (secondary N) is 2. The second-order valence-corrected chi connectivity index (χ2v) is 9.10. The molecule has 164 valence electrons. The molecule has 1 aliphatic carbocycles. The normalized spacial score (nSPS) is 29.1. The molecule has 2 aromatic rings. The van der Waals surface area contributed by atoms with Crippen molar-refractivity contribution in [1.29, 1.82) is 0 Å². The molecule has 0 radical (unpaired) electrons. The number of hydrogen-bond donors (Lipinski definition) is 3. The van der Waals surface area contributed by atoms with Gasteiger partial charge in [-0.05, 0) is 19.3 Å². The fourth-order valence-corrected chi connectivity index (χ4v) is 4.84. The van der Waals surface area contributed by atoms with Gasteiger partial charge < -0.3 is 25.5 Å². The Labute approximate surface area is 178 Å². The number of β-amino-alcohol motifs (C(OH)–C–C–N with tert-alkyl or cyclic N) is 1. The minimum Gasteiger partial charge on any atom is -0.385 e. The number of pyridine rings is 1. The molecule has 3 saturated heterocycles. The third-order valence-electron chi connectivity index (χ3n) is 6.71. The Hall–Kier alpha value is -2.59. The lowest BCUT2D eigenvalue weighted by Crippen LogP contribution is -2.43. The molecule has 3 aliphatic heterocycles. The van der Waals surface area contributed by atoms with Gasteiger partial charge in [0.15, 0.2) is 0 Å². The number of aliphatic hydroxyl groups is 1. The second-order valence-electron chi connectivity index (χ2n) is 9.10. The van der Waals surface area contributed by atoms with E-state index < -0.39 is 18.6 Å². The zero-order valence-electron chi connectivity index (χ0n) is 17.0. The number of halogens is 2. The molecule has 31 heavy (non-hydrogen) atoms. The van der Waals surface area contributed by atoms with Crippen molar-refractivity contribution in [2.45, 2.75) is 49.3 Å². The van der Waals surface area contributed by atoms with Crippen LogP contribution in [0.3, 0.4) is 0 Å². The fraction of sp³-hybridized carbons (Fsp3) is 0.571. The van der Waals surface area contributed by atoms with E-state index in [-0.39, 0.29) is 6.54 Å². The molecular weight excluding hydrogens is 404 g/mol. The fourth-order valence-electron chi connectivity index (χ4n) is 4.84. The highest BCUT2D eigenvalue weighted by molar-refractivity contribution is 5.66. The molecule has 10 heteroatoms. The molecule has 5 heterocycles. The van der Waals surface area contributed by atoms with Crippen LogP contribution in [0.4, 0.5) is 31.9 Å². The van der Waals surface area contributed by atoms with Gasteiger partial charge in [-0.3, -0.25) is 4.98 Å². The van der Waals surface area contributed by atoms with Crippen molar-refractivity contribution in [1.82, 2.24) is 20.3 Å². The number of rotatable bonds is 5. The van der Waals surface area contributed by atoms with Gasteiger partial charge in [0.1, 0.15) is 23.6 Å². The Morgan fingerprint density at radius 1 is 1.13 bits per heavy atom. The van der Waals surface area contributed by atoms with E-state index in [1.54, 1.807) is 12.4 Å². The van der Waals surface area contributed by atoms with Crippen LogP contribution < -0.4 is 20.4 Å². The molecular formula is C21H25F2N7O. The number of piperazine rings is 1. The minimum absolute atomic E-state index is 0.146. The molecule has 0 spiro atoms. The van der Waals surface area contributed by atoms with Gasteiger partial charge in [0, 0.05) is 48.9 Å². The van der Waals surface area contributed by atoms with Crippen molar-refractivity contribution in [2.75, 3.05) is 41.3 Å². The number of aliphatic hydroxyl groups excluding tert-OH is 1. The number of anilines is 4. The summed E-state index contributed by atoms with van der Waals surface area (Å²) >= 11 is 0. The standard InChI is InChI=1S/C21H25F2N7O/c22-21(23)11-29(10-17(21)31)20-5-14(30-9-13-3-15(30)6-24-13)4-18(28-20)27-19-8-25-16(7-26-19)12-1-2-12/h4-5,7-8,12-13,15,17,24,31H,1-3,6,9-11H2,(H,26,27,28). The second kappa shape index (κ2) is 6.96. The number of aromatic nitrogens is 3. The summed E-state index contributed by atoms with van der Waals surface area (Å²) < 4.78 is 28.0. The molecule has 0 aromatic carbocycles. The van der Waals surface area contributed by atoms with E-state index in [1.165, 1.54) is 4.90 Å². The van der Waals surface area contributed by atoms with Crippen LogP contribution in [0.5, 0.6) is 0 Å². The summed E-state index contributed by atoms with van der Waals surface area (Å²) in [5.41, 5.74) is 1.94. The molecule has 2 aromatic heterocycles. The van der Waals surface area contributed by atoms with Crippen molar-refractivity contribution in [2.24, 2.45) is 0 Å². The van der Waals surface area contributed by atoms with Crippen molar-refractivity contribution < 1.29 is 13.9 Å². The van der Waals surface area contributed by atoms with Crippen LogP contribution in [0.15, 0.2) is 24.5 Å². The third-order valence-corrected chi connectivity index (χ3v) is 6.71. The molecule has 1 saturated carbocycles. The molecule has 3 atom stereocenters. The Morgan fingerprint density at radius 2 is 2.00 bits per heavy atom. The lowest BCUT2D eigenvalue weighted by atomic mass is 10.2. The van der Waals surface area contributed by atoms with Gasteiger partial charge in [0.2, 0.25) is 0 Å². The van der Waals surface area contributed by atoms with Crippen molar-refractivity contribution >= 4 is 23.1 Å². The average Bonchev–Trinajstić information content (AvgIpc) is 3.28. The van der Waals surface area contributed by atoms with E-state index >= 15 is 0 Å². The molecule has 4 aliphatic rings. The topological polar surface area (TPSA) is 89.4 Å². The largest absolute Gasteiger partial charge is 0.385 e. The summed E-state index contributed by atoms with van der Waals surface area (Å²) in [5, 5.41) is 16.4. The summed E-state index contributed by atoms with van der Waals surface area (Å²) in [4.78, 5) is 17.3. The van der Waals surface area contributed by atoms with Crippen LogP contribution in [0, 0.1) is 0 Å². The predicted octanol–water partition coefficient (Wildman–Crippen LogP) is 1.86. The van der Waals surface area contributed by atoms with E-state index in [4.69, 9.17) is 0 Å². The third kappa shape index (κ3) is 3.57. The van der Waals surface area contributed by atoms with Gasteiger partial charge >= 0.3 is 0 Å². The highest BCUT2D eigenvalue weighted by atomic mass is 19.3. The summed E-state index contributed by atoms with van der Waals surface area (Å²) in [7, 11) is 0. The van der Waals surface area contributed by atoms with E-state index in [1.807, 2.05) is 12.1 Å². The highest BCUT2D eigenvalue weighted by Gasteiger charge is 2.48. The van der Waals surface area contributed by atoms with Crippen molar-refractivity contribution in [3.63, 3.8) is 0 Å². The van der Waals surface area contributed by atoms with E-state index in [2.05, 4.69) is 30.5 Å². The minimum atomic E-state index is -3.15. The zero-order chi connectivity index (χ0) is 21.2. The van der Waals surface area contributed by atoms with Crippen molar-refractivity contribution in [3.8, 4) is 0 Å². The van der Waals surface area contributed by atoms with E-state index in [9.17, 15) is 13.9 Å².